The predicted molar refractivity (Wildman–Crippen MR) is 59.6 cm³/mol. The maximum atomic E-state index is 11.8. The molecule has 1 aliphatic rings. The Morgan fingerprint density at radius 1 is 1.07 bits per heavy atom. The Morgan fingerprint density at radius 2 is 1.87 bits per heavy atom. The molecule has 0 unspecified atom stereocenters. The van der Waals surface area contributed by atoms with Crippen molar-refractivity contribution >= 4 is 10.8 Å². The molecule has 1 aromatic carbocycles. The SMILES string of the molecule is [O-][n+]1cc2ccccc2c2c1CCCC2. The van der Waals surface area contributed by atoms with Gasteiger partial charge in [-0.2, -0.15) is 4.73 Å². The number of benzene rings is 1. The number of hydrogen-bond donors (Lipinski definition) is 0. The highest BCUT2D eigenvalue weighted by Gasteiger charge is 2.19. The van der Waals surface area contributed by atoms with Gasteiger partial charge in [-0.05, 0) is 30.7 Å². The summed E-state index contributed by atoms with van der Waals surface area (Å²) in [6.07, 6.45) is 6.05. The molecule has 0 amide bonds. The quantitative estimate of drug-likeness (QED) is 0.472. The highest BCUT2D eigenvalue weighted by molar-refractivity contribution is 5.84. The van der Waals surface area contributed by atoms with Gasteiger partial charge < -0.3 is 5.21 Å². The molecule has 3 rings (SSSR count). The van der Waals surface area contributed by atoms with Crippen LogP contribution in [0, 0.1) is 5.21 Å². The highest BCUT2D eigenvalue weighted by atomic mass is 16.5. The van der Waals surface area contributed by atoms with Crippen LogP contribution in [0.15, 0.2) is 30.5 Å². The highest BCUT2D eigenvalue weighted by Crippen LogP contribution is 2.25. The van der Waals surface area contributed by atoms with Gasteiger partial charge in [0.05, 0.1) is 0 Å². The van der Waals surface area contributed by atoms with Crippen molar-refractivity contribution < 1.29 is 4.73 Å². The zero-order valence-corrected chi connectivity index (χ0v) is 8.57. The van der Waals surface area contributed by atoms with Crippen LogP contribution in [0.3, 0.4) is 0 Å². The lowest BCUT2D eigenvalue weighted by atomic mass is 9.92. The van der Waals surface area contributed by atoms with Crippen molar-refractivity contribution in [3.63, 3.8) is 0 Å². The van der Waals surface area contributed by atoms with Crippen LogP contribution in [-0.4, -0.2) is 0 Å². The number of aryl methyl sites for hydroxylation is 1. The molecule has 76 valence electrons. The zero-order chi connectivity index (χ0) is 10.3. The Labute approximate surface area is 88.7 Å². The molecular formula is C13H13NO. The molecule has 0 saturated heterocycles. The third-order valence-corrected chi connectivity index (χ3v) is 3.25. The van der Waals surface area contributed by atoms with Gasteiger partial charge in [0, 0.05) is 17.4 Å². The fraction of sp³-hybridized carbons (Fsp3) is 0.308. The van der Waals surface area contributed by atoms with E-state index >= 15 is 0 Å². The van der Waals surface area contributed by atoms with E-state index in [0.29, 0.717) is 0 Å². The average molecular weight is 199 g/mol. The van der Waals surface area contributed by atoms with Crippen LogP contribution in [0.1, 0.15) is 24.1 Å². The lowest BCUT2D eigenvalue weighted by Crippen LogP contribution is -2.34. The van der Waals surface area contributed by atoms with E-state index < -0.39 is 0 Å². The molecule has 0 bridgehead atoms. The van der Waals surface area contributed by atoms with Crippen molar-refractivity contribution in [3.05, 3.63) is 46.9 Å². The Balaban J connectivity index is 2.39. The summed E-state index contributed by atoms with van der Waals surface area (Å²) in [5, 5.41) is 14.1. The zero-order valence-electron chi connectivity index (χ0n) is 8.57. The minimum atomic E-state index is 0.934. The van der Waals surface area contributed by atoms with Crippen molar-refractivity contribution in [2.24, 2.45) is 0 Å². The van der Waals surface area contributed by atoms with E-state index in [-0.39, 0.29) is 0 Å². The first kappa shape index (κ1) is 8.72. The fourth-order valence-electron chi connectivity index (χ4n) is 2.51. The van der Waals surface area contributed by atoms with Crippen molar-refractivity contribution in [1.82, 2.24) is 0 Å². The third kappa shape index (κ3) is 1.29. The van der Waals surface area contributed by atoms with Crippen LogP contribution in [0.5, 0.6) is 0 Å². The number of rotatable bonds is 0. The smallest absolute Gasteiger partial charge is 0.196 e. The van der Waals surface area contributed by atoms with Crippen LogP contribution >= 0.6 is 0 Å². The third-order valence-electron chi connectivity index (χ3n) is 3.25. The summed E-state index contributed by atoms with van der Waals surface area (Å²) in [5.74, 6) is 0. The summed E-state index contributed by atoms with van der Waals surface area (Å²) < 4.78 is 1.07. The minimum Gasteiger partial charge on any atom is -0.618 e. The average Bonchev–Trinajstić information content (AvgIpc) is 2.30. The molecule has 0 fully saturated rings. The summed E-state index contributed by atoms with van der Waals surface area (Å²) in [4.78, 5) is 0. The largest absolute Gasteiger partial charge is 0.618 e. The molecule has 1 aromatic heterocycles. The summed E-state index contributed by atoms with van der Waals surface area (Å²) in [6.45, 7) is 0. The predicted octanol–water partition coefficient (Wildman–Crippen LogP) is 2.35. The van der Waals surface area contributed by atoms with Crippen molar-refractivity contribution in [1.29, 1.82) is 0 Å². The molecule has 0 N–H and O–H groups in total. The molecule has 0 saturated carbocycles. The molecule has 0 radical (unpaired) electrons. The van der Waals surface area contributed by atoms with Crippen LogP contribution in [0.2, 0.25) is 0 Å². The van der Waals surface area contributed by atoms with Gasteiger partial charge >= 0.3 is 0 Å². The Bertz CT molecular complexity index is 519. The van der Waals surface area contributed by atoms with Gasteiger partial charge in [0.25, 0.3) is 0 Å². The van der Waals surface area contributed by atoms with Crippen LogP contribution < -0.4 is 4.73 Å². The van der Waals surface area contributed by atoms with Gasteiger partial charge in [0.15, 0.2) is 11.9 Å². The van der Waals surface area contributed by atoms with Gasteiger partial charge in [-0.1, -0.05) is 18.2 Å². The lowest BCUT2D eigenvalue weighted by Gasteiger charge is -2.16. The van der Waals surface area contributed by atoms with E-state index in [1.54, 1.807) is 6.20 Å². The Morgan fingerprint density at radius 3 is 2.80 bits per heavy atom. The number of aromatic nitrogens is 1. The van der Waals surface area contributed by atoms with Crippen LogP contribution in [0.4, 0.5) is 0 Å². The van der Waals surface area contributed by atoms with E-state index in [1.165, 1.54) is 17.4 Å². The van der Waals surface area contributed by atoms with E-state index in [0.717, 1.165) is 35.1 Å². The minimum absolute atomic E-state index is 0.934. The Kier molecular flexibility index (Phi) is 1.88. The second-order valence-electron chi connectivity index (χ2n) is 4.17. The van der Waals surface area contributed by atoms with Crippen LogP contribution in [0.25, 0.3) is 10.8 Å². The lowest BCUT2D eigenvalue weighted by molar-refractivity contribution is -0.613. The molecule has 1 aliphatic carbocycles. The first-order chi connectivity index (χ1) is 7.36. The van der Waals surface area contributed by atoms with Gasteiger partial charge in [0.2, 0.25) is 0 Å². The molecule has 2 nitrogen and oxygen atoms in total. The number of hydrogen-bond acceptors (Lipinski definition) is 1. The summed E-state index contributed by atoms with van der Waals surface area (Å²) >= 11 is 0. The maximum Gasteiger partial charge on any atom is 0.196 e. The molecule has 15 heavy (non-hydrogen) atoms. The van der Waals surface area contributed by atoms with E-state index in [2.05, 4.69) is 6.07 Å². The fourth-order valence-corrected chi connectivity index (χ4v) is 2.51. The monoisotopic (exact) mass is 199 g/mol. The molecule has 2 heteroatoms. The Hall–Kier alpha value is -1.57. The standard InChI is InChI=1S/C13H13NO/c15-14-9-10-5-1-2-6-11(10)12-7-3-4-8-13(12)14/h1-2,5-6,9H,3-4,7-8H2. The van der Waals surface area contributed by atoms with Crippen molar-refractivity contribution in [3.8, 4) is 0 Å². The van der Waals surface area contributed by atoms with Gasteiger partial charge in [-0.25, -0.2) is 0 Å². The van der Waals surface area contributed by atoms with Crippen LogP contribution in [-0.2, 0) is 12.8 Å². The van der Waals surface area contributed by atoms with E-state index in [1.807, 2.05) is 18.2 Å². The van der Waals surface area contributed by atoms with Gasteiger partial charge in [-0.15, -0.1) is 0 Å². The molecule has 1 heterocycles. The molecule has 0 aliphatic heterocycles. The summed E-state index contributed by atoms with van der Waals surface area (Å²) in [6, 6.07) is 8.17. The van der Waals surface area contributed by atoms with E-state index in [4.69, 9.17) is 0 Å². The number of fused-ring (bicyclic) bond motifs is 3. The second-order valence-corrected chi connectivity index (χ2v) is 4.17. The van der Waals surface area contributed by atoms with Crippen molar-refractivity contribution in [2.75, 3.05) is 0 Å². The first-order valence-corrected chi connectivity index (χ1v) is 5.49. The first-order valence-electron chi connectivity index (χ1n) is 5.49. The summed E-state index contributed by atoms with van der Waals surface area (Å²) in [5.41, 5.74) is 2.26. The number of pyridine rings is 1. The van der Waals surface area contributed by atoms with Crippen molar-refractivity contribution in [2.45, 2.75) is 25.7 Å². The normalized spacial score (nSPS) is 15.2. The maximum absolute atomic E-state index is 11.8. The molecular weight excluding hydrogens is 186 g/mol. The number of nitrogens with zero attached hydrogens (tertiary/aromatic N) is 1. The van der Waals surface area contributed by atoms with Gasteiger partial charge in [0.1, 0.15) is 0 Å². The van der Waals surface area contributed by atoms with E-state index in [9.17, 15) is 5.21 Å². The second kappa shape index (κ2) is 3.23. The summed E-state index contributed by atoms with van der Waals surface area (Å²) in [7, 11) is 0. The molecule has 2 aromatic rings. The topological polar surface area (TPSA) is 26.9 Å². The molecule has 0 spiro atoms. The molecule has 0 atom stereocenters. The van der Waals surface area contributed by atoms with Gasteiger partial charge in [-0.3, -0.25) is 0 Å².